The average molecular weight is 433 g/mol. The van der Waals surface area contributed by atoms with Crippen LogP contribution in [0.15, 0.2) is 42.6 Å². The quantitative estimate of drug-likeness (QED) is 0.718. The van der Waals surface area contributed by atoms with Gasteiger partial charge in [-0.15, -0.1) is 0 Å². The maximum absolute atomic E-state index is 12.6. The van der Waals surface area contributed by atoms with E-state index >= 15 is 0 Å². The minimum atomic E-state index is -3.51. The highest BCUT2D eigenvalue weighted by atomic mass is 32.2. The first-order chi connectivity index (χ1) is 14.2. The summed E-state index contributed by atoms with van der Waals surface area (Å²) in [6.45, 7) is 6.96. The summed E-state index contributed by atoms with van der Waals surface area (Å²) in [5.74, 6) is 0.449. The number of ether oxygens (including phenoxy) is 2. The highest BCUT2D eigenvalue weighted by Gasteiger charge is 2.49. The fourth-order valence-corrected chi connectivity index (χ4v) is 5.18. The van der Waals surface area contributed by atoms with Gasteiger partial charge in [-0.3, -0.25) is 0 Å². The van der Waals surface area contributed by atoms with E-state index in [-0.39, 0.29) is 36.0 Å². The molecule has 0 unspecified atom stereocenters. The molecule has 0 amide bonds. The first-order valence-corrected chi connectivity index (χ1v) is 11.7. The summed E-state index contributed by atoms with van der Waals surface area (Å²) in [4.78, 5) is 8.91. The van der Waals surface area contributed by atoms with Crippen molar-refractivity contribution in [2.75, 3.05) is 18.5 Å². The highest BCUT2D eigenvalue weighted by Crippen LogP contribution is 2.29. The molecule has 1 aromatic heterocycles. The first-order valence-electron chi connectivity index (χ1n) is 10.1. The van der Waals surface area contributed by atoms with Gasteiger partial charge in [0.05, 0.1) is 36.7 Å². The fourth-order valence-electron chi connectivity index (χ4n) is 3.80. The summed E-state index contributed by atoms with van der Waals surface area (Å²) in [6.07, 6.45) is 1.12. The summed E-state index contributed by atoms with van der Waals surface area (Å²) < 4.78 is 39.7. The number of nitrogens with zero attached hydrogens (tertiary/aromatic N) is 2. The van der Waals surface area contributed by atoms with Gasteiger partial charge in [0.15, 0.2) is 0 Å². The van der Waals surface area contributed by atoms with Gasteiger partial charge < -0.3 is 14.8 Å². The second-order valence-electron chi connectivity index (χ2n) is 8.83. The molecule has 2 aromatic rings. The van der Waals surface area contributed by atoms with Gasteiger partial charge in [-0.1, -0.05) is 51.1 Å². The van der Waals surface area contributed by atoms with E-state index in [1.165, 1.54) is 0 Å². The molecule has 0 aliphatic carbocycles. The van der Waals surface area contributed by atoms with E-state index in [1.807, 2.05) is 24.3 Å². The van der Waals surface area contributed by atoms with Gasteiger partial charge in [-0.25, -0.2) is 23.1 Å². The molecule has 2 N–H and O–H groups in total. The van der Waals surface area contributed by atoms with Crippen LogP contribution < -0.4 is 10.0 Å². The van der Waals surface area contributed by atoms with E-state index in [0.717, 1.165) is 11.3 Å². The molecule has 2 aliphatic heterocycles. The predicted molar refractivity (Wildman–Crippen MR) is 114 cm³/mol. The number of sulfonamides is 1. The minimum absolute atomic E-state index is 0.0726. The van der Waals surface area contributed by atoms with Crippen molar-refractivity contribution in [1.82, 2.24) is 14.7 Å². The molecule has 1 aromatic carbocycles. The molecule has 162 valence electrons. The Bertz CT molecular complexity index is 978. The van der Waals surface area contributed by atoms with Crippen LogP contribution in [0.2, 0.25) is 0 Å². The molecule has 0 radical (unpaired) electrons. The third kappa shape index (κ3) is 4.80. The van der Waals surface area contributed by atoms with Crippen LogP contribution >= 0.6 is 0 Å². The van der Waals surface area contributed by atoms with Crippen molar-refractivity contribution < 1.29 is 17.9 Å². The first kappa shape index (κ1) is 21.2. The molecule has 3 heterocycles. The second kappa shape index (κ2) is 8.22. The van der Waals surface area contributed by atoms with Crippen LogP contribution in [0.1, 0.15) is 32.0 Å². The lowest BCUT2D eigenvalue weighted by Gasteiger charge is -2.21. The third-order valence-electron chi connectivity index (χ3n) is 5.32. The summed E-state index contributed by atoms with van der Waals surface area (Å²) in [5, 5.41) is 3.30. The van der Waals surface area contributed by atoms with Crippen LogP contribution in [-0.4, -0.2) is 55.9 Å². The molecule has 4 rings (SSSR count). The third-order valence-corrected chi connectivity index (χ3v) is 6.70. The van der Waals surface area contributed by atoms with E-state index in [0.29, 0.717) is 12.6 Å². The highest BCUT2D eigenvalue weighted by molar-refractivity contribution is 7.88. The number of aromatic nitrogens is 2. The van der Waals surface area contributed by atoms with Crippen LogP contribution in [-0.2, 0) is 30.7 Å². The normalized spacial score (nSPS) is 26.5. The van der Waals surface area contributed by atoms with Crippen molar-refractivity contribution in [2.45, 2.75) is 56.2 Å². The van der Waals surface area contributed by atoms with Crippen molar-refractivity contribution in [1.29, 1.82) is 0 Å². The van der Waals surface area contributed by atoms with E-state index in [2.05, 4.69) is 40.8 Å². The summed E-state index contributed by atoms with van der Waals surface area (Å²) in [6, 6.07) is 10.4. The number of hydrogen-bond acceptors (Lipinski definition) is 7. The van der Waals surface area contributed by atoms with Crippen molar-refractivity contribution >= 4 is 16.0 Å². The Hall–Kier alpha value is -2.07. The largest absolute Gasteiger partial charge is 0.371 e. The summed E-state index contributed by atoms with van der Waals surface area (Å²) in [5.41, 5.74) is 1.60. The molecule has 0 spiro atoms. The molecule has 30 heavy (non-hydrogen) atoms. The Balaban J connectivity index is 1.39. The molecular weight excluding hydrogens is 404 g/mol. The number of fused-ring (bicyclic) bond motifs is 1. The summed E-state index contributed by atoms with van der Waals surface area (Å²) in [7, 11) is -3.51. The number of hydrogen-bond donors (Lipinski definition) is 2. The average Bonchev–Trinajstić information content (AvgIpc) is 3.25. The molecule has 2 fully saturated rings. The van der Waals surface area contributed by atoms with Crippen LogP contribution in [0.25, 0.3) is 0 Å². The van der Waals surface area contributed by atoms with Gasteiger partial charge >= 0.3 is 0 Å². The molecule has 4 atom stereocenters. The van der Waals surface area contributed by atoms with Gasteiger partial charge in [-0.05, 0) is 11.6 Å². The maximum atomic E-state index is 12.6. The zero-order valence-electron chi connectivity index (χ0n) is 17.4. The van der Waals surface area contributed by atoms with Gasteiger partial charge in [0.2, 0.25) is 16.0 Å². The number of nitrogens with one attached hydrogen (secondary N) is 2. The molecule has 2 saturated heterocycles. The van der Waals surface area contributed by atoms with Gasteiger partial charge in [0, 0.05) is 11.6 Å². The Morgan fingerprint density at radius 3 is 2.40 bits per heavy atom. The van der Waals surface area contributed by atoms with Crippen molar-refractivity contribution in [3.05, 3.63) is 53.9 Å². The van der Waals surface area contributed by atoms with E-state index < -0.39 is 16.1 Å². The number of rotatable bonds is 6. The fraction of sp³-hybridized carbons (Fsp3) is 0.524. The van der Waals surface area contributed by atoms with E-state index in [4.69, 9.17) is 9.47 Å². The van der Waals surface area contributed by atoms with Crippen LogP contribution in [0, 0.1) is 0 Å². The summed E-state index contributed by atoms with van der Waals surface area (Å²) >= 11 is 0. The van der Waals surface area contributed by atoms with Crippen LogP contribution in [0.3, 0.4) is 0 Å². The molecular formula is C21H28N4O4S. The Morgan fingerprint density at radius 2 is 1.70 bits per heavy atom. The minimum Gasteiger partial charge on any atom is -0.371 e. The lowest BCUT2D eigenvalue weighted by molar-refractivity contribution is 0.0690. The Kier molecular flexibility index (Phi) is 5.80. The van der Waals surface area contributed by atoms with E-state index in [9.17, 15) is 8.42 Å². The zero-order valence-corrected chi connectivity index (χ0v) is 18.2. The smallest absolute Gasteiger partial charge is 0.223 e. The SMILES string of the molecule is CC(C)(C)c1ccnc(N[C@@H]2CO[C@@H]3[C@@H]2OC[C@@H]3NS(=O)(=O)Cc2ccccc2)n1. The maximum Gasteiger partial charge on any atom is 0.223 e. The molecule has 2 aliphatic rings. The van der Waals surface area contributed by atoms with Crippen LogP contribution in [0.5, 0.6) is 0 Å². The number of anilines is 1. The second-order valence-corrected chi connectivity index (χ2v) is 10.6. The topological polar surface area (TPSA) is 102 Å². The standard InChI is InChI=1S/C21H28N4O4S/c1-21(2,3)17-9-10-22-20(24-17)23-15-11-28-19-16(12-29-18(15)19)25-30(26,27)13-14-7-5-4-6-8-14/h4-10,15-16,18-19,25H,11-13H2,1-3H3,(H,22,23,24)/t15-,16+,18-,19+/m1/s1. The monoisotopic (exact) mass is 432 g/mol. The lowest BCUT2D eigenvalue weighted by atomic mass is 9.92. The predicted octanol–water partition coefficient (Wildman–Crippen LogP) is 1.84. The Morgan fingerprint density at radius 1 is 1.03 bits per heavy atom. The number of benzene rings is 1. The van der Waals surface area contributed by atoms with Gasteiger partial charge in [0.1, 0.15) is 12.2 Å². The molecule has 9 heteroatoms. The molecule has 8 nitrogen and oxygen atoms in total. The van der Waals surface area contributed by atoms with Gasteiger partial charge in [0.25, 0.3) is 0 Å². The van der Waals surface area contributed by atoms with Crippen molar-refractivity contribution in [2.24, 2.45) is 0 Å². The zero-order chi connectivity index (χ0) is 21.4. The van der Waals surface area contributed by atoms with Crippen molar-refractivity contribution in [3.8, 4) is 0 Å². The van der Waals surface area contributed by atoms with Crippen molar-refractivity contribution in [3.63, 3.8) is 0 Å². The van der Waals surface area contributed by atoms with Crippen LogP contribution in [0.4, 0.5) is 5.95 Å². The molecule has 0 saturated carbocycles. The van der Waals surface area contributed by atoms with Gasteiger partial charge in [-0.2, -0.15) is 0 Å². The lowest BCUT2D eigenvalue weighted by Crippen LogP contribution is -2.45. The molecule has 0 bridgehead atoms. The van der Waals surface area contributed by atoms with E-state index in [1.54, 1.807) is 18.3 Å². The Labute approximate surface area is 177 Å².